The van der Waals surface area contributed by atoms with Gasteiger partial charge in [-0.3, -0.25) is 4.79 Å². The van der Waals surface area contributed by atoms with Crippen molar-refractivity contribution in [2.24, 2.45) is 5.92 Å². The van der Waals surface area contributed by atoms with E-state index >= 15 is 0 Å². The zero-order chi connectivity index (χ0) is 25.4. The van der Waals surface area contributed by atoms with Crippen LogP contribution < -0.4 is 9.64 Å². The van der Waals surface area contributed by atoms with Crippen molar-refractivity contribution in [3.63, 3.8) is 0 Å². The van der Waals surface area contributed by atoms with Crippen LogP contribution in [0, 0.1) is 12.8 Å². The fourth-order valence-corrected chi connectivity index (χ4v) is 5.55. The van der Waals surface area contributed by atoms with Crippen LogP contribution in [0.2, 0.25) is 0 Å². The minimum absolute atomic E-state index is 0.0597. The molecule has 0 radical (unpaired) electrons. The molecule has 0 bridgehead atoms. The molecule has 2 aromatic carbocycles. The first-order valence-electron chi connectivity index (χ1n) is 13.5. The van der Waals surface area contributed by atoms with Crippen molar-refractivity contribution in [1.29, 1.82) is 0 Å². The highest BCUT2D eigenvalue weighted by molar-refractivity contribution is 5.95. The Kier molecular flexibility index (Phi) is 6.63. The van der Waals surface area contributed by atoms with Crippen LogP contribution in [0.15, 0.2) is 42.6 Å². The number of aromatic nitrogens is 2. The Balaban J connectivity index is 1.35. The van der Waals surface area contributed by atoms with E-state index in [0.29, 0.717) is 18.0 Å². The van der Waals surface area contributed by atoms with Crippen LogP contribution in [0.4, 0.5) is 5.69 Å². The molecule has 194 valence electrons. The lowest BCUT2D eigenvalue weighted by molar-refractivity contribution is 0.0734. The van der Waals surface area contributed by atoms with E-state index in [1.807, 2.05) is 30.0 Å². The number of ether oxygens (including phenoxy) is 2. The Morgan fingerprint density at radius 2 is 1.97 bits per heavy atom. The number of aryl methyl sites for hydroxylation is 3. The number of imidazole rings is 1. The monoisotopic (exact) mass is 500 g/mol. The summed E-state index contributed by atoms with van der Waals surface area (Å²) in [5, 5.41) is 0. The van der Waals surface area contributed by atoms with E-state index in [1.165, 1.54) is 36.3 Å². The van der Waals surface area contributed by atoms with Gasteiger partial charge in [0, 0.05) is 62.2 Å². The summed E-state index contributed by atoms with van der Waals surface area (Å²) in [6.45, 7) is 7.56. The molecule has 0 unspecified atom stereocenters. The van der Waals surface area contributed by atoms with Gasteiger partial charge in [-0.05, 0) is 67.5 Å². The Hall–Kier alpha value is -3.32. The van der Waals surface area contributed by atoms with Gasteiger partial charge in [-0.2, -0.15) is 0 Å². The molecule has 1 aromatic heterocycles. The summed E-state index contributed by atoms with van der Waals surface area (Å²) in [5.74, 6) is 2.57. The molecule has 2 fully saturated rings. The number of carbonyl (C=O) groups excluding carboxylic acids is 1. The van der Waals surface area contributed by atoms with Crippen molar-refractivity contribution in [1.82, 2.24) is 14.5 Å². The van der Waals surface area contributed by atoms with Crippen molar-refractivity contribution in [2.75, 3.05) is 44.9 Å². The lowest BCUT2D eigenvalue weighted by Crippen LogP contribution is -2.38. The summed E-state index contributed by atoms with van der Waals surface area (Å²) in [4.78, 5) is 23.2. The fourth-order valence-electron chi connectivity index (χ4n) is 5.55. The third-order valence-corrected chi connectivity index (χ3v) is 7.86. The van der Waals surface area contributed by atoms with E-state index in [4.69, 9.17) is 14.5 Å². The number of carbonyl (C=O) groups is 1. The summed E-state index contributed by atoms with van der Waals surface area (Å²) in [6, 6.07) is 12.4. The first-order valence-corrected chi connectivity index (χ1v) is 13.5. The summed E-state index contributed by atoms with van der Waals surface area (Å²) in [7, 11) is 1.66. The number of amides is 1. The number of rotatable bonds is 8. The Morgan fingerprint density at radius 1 is 1.14 bits per heavy atom. The average molecular weight is 501 g/mol. The predicted octanol–water partition coefficient (Wildman–Crippen LogP) is 4.70. The second kappa shape index (κ2) is 10.2. The number of methoxy groups -OCH3 is 1. The molecule has 3 aromatic rings. The topological polar surface area (TPSA) is 59.8 Å². The van der Waals surface area contributed by atoms with Crippen molar-refractivity contribution >= 4 is 11.6 Å². The van der Waals surface area contributed by atoms with Gasteiger partial charge in [0.25, 0.3) is 5.91 Å². The molecule has 3 aliphatic rings. The van der Waals surface area contributed by atoms with E-state index < -0.39 is 0 Å². The van der Waals surface area contributed by atoms with Crippen LogP contribution >= 0.6 is 0 Å². The first kappa shape index (κ1) is 24.0. The molecule has 1 amide bonds. The van der Waals surface area contributed by atoms with Gasteiger partial charge in [-0.25, -0.2) is 4.98 Å². The maximum atomic E-state index is 13.8. The van der Waals surface area contributed by atoms with Crippen LogP contribution in [0.25, 0.3) is 11.3 Å². The average Bonchev–Trinajstić information content (AvgIpc) is 3.48. The normalized spacial score (nSPS) is 17.1. The SMILES string of the molecule is COc1cc(C(=O)N(Cc2cc(-c3cn4c(n3)CCC4)ccc2N2CCOCC2)CC2CC2)ccc1C. The van der Waals surface area contributed by atoms with Gasteiger partial charge in [0.1, 0.15) is 11.6 Å². The zero-order valence-corrected chi connectivity index (χ0v) is 21.9. The van der Waals surface area contributed by atoms with E-state index in [2.05, 4.69) is 33.9 Å². The van der Waals surface area contributed by atoms with Gasteiger partial charge in [-0.1, -0.05) is 12.1 Å². The fraction of sp³-hybridized carbons (Fsp3) is 0.467. The van der Waals surface area contributed by atoms with E-state index in [1.54, 1.807) is 7.11 Å². The van der Waals surface area contributed by atoms with Crippen molar-refractivity contribution < 1.29 is 14.3 Å². The van der Waals surface area contributed by atoms with Gasteiger partial charge in [-0.15, -0.1) is 0 Å². The predicted molar refractivity (Wildman–Crippen MR) is 144 cm³/mol. The maximum absolute atomic E-state index is 13.8. The lowest BCUT2D eigenvalue weighted by Gasteiger charge is -2.32. The van der Waals surface area contributed by atoms with Gasteiger partial charge in [0.05, 0.1) is 26.0 Å². The van der Waals surface area contributed by atoms with Gasteiger partial charge in [0.15, 0.2) is 0 Å². The number of hydrogen-bond donors (Lipinski definition) is 0. The van der Waals surface area contributed by atoms with Crippen LogP contribution in [-0.2, 0) is 24.2 Å². The third kappa shape index (κ3) is 5.10. The highest BCUT2D eigenvalue weighted by Gasteiger charge is 2.29. The van der Waals surface area contributed by atoms with Crippen LogP contribution in [0.5, 0.6) is 5.75 Å². The number of nitrogens with zero attached hydrogens (tertiary/aromatic N) is 4. The molecule has 2 aliphatic heterocycles. The Bertz CT molecular complexity index is 1270. The molecule has 3 heterocycles. The van der Waals surface area contributed by atoms with E-state index in [9.17, 15) is 4.79 Å². The molecule has 6 rings (SSSR count). The number of benzene rings is 2. The minimum Gasteiger partial charge on any atom is -0.496 e. The first-order chi connectivity index (χ1) is 18.1. The largest absolute Gasteiger partial charge is 0.496 e. The summed E-state index contributed by atoms with van der Waals surface area (Å²) < 4.78 is 13.4. The van der Waals surface area contributed by atoms with Crippen molar-refractivity contribution in [2.45, 2.75) is 45.7 Å². The summed E-state index contributed by atoms with van der Waals surface area (Å²) in [5.41, 5.74) is 6.20. The van der Waals surface area contributed by atoms with Gasteiger partial charge < -0.3 is 23.8 Å². The van der Waals surface area contributed by atoms with E-state index in [0.717, 1.165) is 68.4 Å². The molecule has 1 saturated heterocycles. The minimum atomic E-state index is 0.0597. The maximum Gasteiger partial charge on any atom is 0.254 e. The Labute approximate surface area is 219 Å². The quantitative estimate of drug-likeness (QED) is 0.449. The van der Waals surface area contributed by atoms with Crippen LogP contribution in [-0.4, -0.2) is 60.3 Å². The zero-order valence-electron chi connectivity index (χ0n) is 21.9. The third-order valence-electron chi connectivity index (χ3n) is 7.86. The Morgan fingerprint density at radius 3 is 2.73 bits per heavy atom. The smallest absolute Gasteiger partial charge is 0.254 e. The molecular weight excluding hydrogens is 464 g/mol. The van der Waals surface area contributed by atoms with Crippen molar-refractivity contribution in [3.8, 4) is 17.0 Å². The number of morpholine rings is 1. The second-order valence-corrected chi connectivity index (χ2v) is 10.6. The van der Waals surface area contributed by atoms with Gasteiger partial charge in [0.2, 0.25) is 0 Å². The molecule has 1 saturated carbocycles. The number of fused-ring (bicyclic) bond motifs is 1. The summed E-state index contributed by atoms with van der Waals surface area (Å²) in [6.07, 6.45) is 6.78. The van der Waals surface area contributed by atoms with Crippen molar-refractivity contribution in [3.05, 3.63) is 65.1 Å². The molecule has 1 aliphatic carbocycles. The molecule has 37 heavy (non-hydrogen) atoms. The standard InChI is InChI=1S/C30H36N4O3/c1-21-5-8-24(17-28(21)36-2)30(35)34(18-22-6-7-22)19-25-16-23(26-20-33-11-3-4-29(33)31-26)9-10-27(25)32-12-14-37-15-13-32/h5,8-10,16-17,20,22H,3-4,6-7,11-15,18-19H2,1-2H3. The lowest BCUT2D eigenvalue weighted by atomic mass is 10.0. The molecular formula is C30H36N4O3. The van der Waals surface area contributed by atoms with E-state index in [-0.39, 0.29) is 5.91 Å². The van der Waals surface area contributed by atoms with Gasteiger partial charge >= 0.3 is 0 Å². The molecule has 0 atom stereocenters. The molecule has 0 N–H and O–H groups in total. The number of anilines is 1. The molecule has 0 spiro atoms. The number of hydrogen-bond acceptors (Lipinski definition) is 5. The molecule has 7 heteroatoms. The highest BCUT2D eigenvalue weighted by Crippen LogP contribution is 2.34. The highest BCUT2D eigenvalue weighted by atomic mass is 16.5. The summed E-state index contributed by atoms with van der Waals surface area (Å²) >= 11 is 0. The second-order valence-electron chi connectivity index (χ2n) is 10.6. The van der Waals surface area contributed by atoms with Crippen LogP contribution in [0.1, 0.15) is 46.6 Å². The molecule has 7 nitrogen and oxygen atoms in total. The van der Waals surface area contributed by atoms with Crippen LogP contribution in [0.3, 0.4) is 0 Å².